The van der Waals surface area contributed by atoms with Crippen LogP contribution >= 0.6 is 0 Å². The number of hydrogen-bond acceptors (Lipinski definition) is 0. The van der Waals surface area contributed by atoms with E-state index < -0.39 is 0 Å². The second-order valence-corrected chi connectivity index (χ2v) is 3.86. The zero-order valence-corrected chi connectivity index (χ0v) is 6.32. The lowest BCUT2D eigenvalue weighted by molar-refractivity contribution is 0.327. The Kier molecular flexibility index (Phi) is 1.12. The van der Waals surface area contributed by atoms with E-state index in [0.29, 0.717) is 0 Å². The molecule has 0 N–H and O–H groups in total. The minimum atomic E-state index is 0.887. The third kappa shape index (κ3) is 0.720. The highest BCUT2D eigenvalue weighted by Crippen LogP contribution is 2.63. The van der Waals surface area contributed by atoms with Crippen molar-refractivity contribution in [3.8, 4) is 0 Å². The Labute approximate surface area is 57.6 Å². The molecule has 0 saturated heterocycles. The Morgan fingerprint density at radius 2 is 2.33 bits per heavy atom. The van der Waals surface area contributed by atoms with Gasteiger partial charge in [-0.2, -0.15) is 0 Å². The predicted molar refractivity (Wildman–Crippen MR) is 39.3 cm³/mol. The van der Waals surface area contributed by atoms with Gasteiger partial charge in [-0.15, -0.1) is 0 Å². The molecule has 0 amide bonds. The molecule has 2 saturated carbocycles. The minimum Gasteiger partial charge on any atom is -0.0648 e. The average Bonchev–Trinajstić information content (AvgIpc) is 2.62. The monoisotopic (exact) mass is 124 g/mol. The fourth-order valence-corrected chi connectivity index (χ4v) is 2.62. The van der Waals surface area contributed by atoms with Crippen molar-refractivity contribution < 1.29 is 0 Å². The highest BCUT2D eigenvalue weighted by Gasteiger charge is 2.52. The molecule has 2 aliphatic carbocycles. The first-order chi connectivity index (χ1) is 4.37. The second-order valence-electron chi connectivity index (χ2n) is 3.86. The maximum Gasteiger partial charge on any atom is -0.0269 e. The molecule has 9 heavy (non-hydrogen) atoms. The first-order valence-corrected chi connectivity index (χ1v) is 4.37. The van der Waals surface area contributed by atoms with Gasteiger partial charge in [0.1, 0.15) is 0 Å². The van der Waals surface area contributed by atoms with E-state index in [1.807, 2.05) is 0 Å². The Hall–Kier alpha value is 0. The highest BCUT2D eigenvalue weighted by atomic mass is 14.6. The number of rotatable bonds is 1. The van der Waals surface area contributed by atoms with Crippen LogP contribution in [0, 0.1) is 11.3 Å². The SMILES string of the molecule is CCC12CCCCC1C2. The van der Waals surface area contributed by atoms with Crippen molar-refractivity contribution in [2.24, 2.45) is 11.3 Å². The third-order valence-electron chi connectivity index (χ3n) is 3.54. The lowest BCUT2D eigenvalue weighted by Crippen LogP contribution is -2.07. The number of hydrogen-bond donors (Lipinski definition) is 0. The first kappa shape index (κ1) is 5.76. The second kappa shape index (κ2) is 1.74. The van der Waals surface area contributed by atoms with Gasteiger partial charge in [0.05, 0.1) is 0 Å². The summed E-state index contributed by atoms with van der Waals surface area (Å²) in [4.78, 5) is 0. The van der Waals surface area contributed by atoms with Gasteiger partial charge in [-0.3, -0.25) is 0 Å². The van der Waals surface area contributed by atoms with Gasteiger partial charge in [0.15, 0.2) is 0 Å². The molecule has 2 atom stereocenters. The van der Waals surface area contributed by atoms with Gasteiger partial charge >= 0.3 is 0 Å². The average molecular weight is 124 g/mol. The summed E-state index contributed by atoms with van der Waals surface area (Å²) in [6.07, 6.45) is 9.17. The van der Waals surface area contributed by atoms with Crippen molar-refractivity contribution in [1.82, 2.24) is 0 Å². The van der Waals surface area contributed by atoms with Gasteiger partial charge in [0.25, 0.3) is 0 Å². The molecule has 0 heteroatoms. The topological polar surface area (TPSA) is 0 Å². The highest BCUT2D eigenvalue weighted by molar-refractivity contribution is 5.02. The van der Waals surface area contributed by atoms with E-state index in [1.54, 1.807) is 19.3 Å². The summed E-state index contributed by atoms with van der Waals surface area (Å²) in [5.74, 6) is 1.16. The molecule has 0 aliphatic heterocycles. The number of fused-ring (bicyclic) bond motifs is 1. The Balaban J connectivity index is 2.01. The molecule has 0 heterocycles. The molecular weight excluding hydrogens is 108 g/mol. The van der Waals surface area contributed by atoms with Crippen molar-refractivity contribution >= 4 is 0 Å². The summed E-state index contributed by atoms with van der Waals surface area (Å²) in [6.45, 7) is 2.37. The van der Waals surface area contributed by atoms with Crippen molar-refractivity contribution in [1.29, 1.82) is 0 Å². The standard InChI is InChI=1S/C9H16/c1-2-9-6-4-3-5-8(9)7-9/h8H,2-7H2,1H3. The Morgan fingerprint density at radius 3 is 2.89 bits per heavy atom. The molecule has 2 unspecified atom stereocenters. The molecule has 0 aromatic rings. The maximum atomic E-state index is 2.37. The summed E-state index contributed by atoms with van der Waals surface area (Å²) in [5, 5.41) is 0. The Morgan fingerprint density at radius 1 is 1.44 bits per heavy atom. The van der Waals surface area contributed by atoms with E-state index in [2.05, 4.69) is 6.92 Å². The van der Waals surface area contributed by atoms with Crippen LogP contribution in [0.25, 0.3) is 0 Å². The van der Waals surface area contributed by atoms with Crippen molar-refractivity contribution in [3.05, 3.63) is 0 Å². The van der Waals surface area contributed by atoms with E-state index in [0.717, 1.165) is 11.3 Å². The summed E-state index contributed by atoms with van der Waals surface area (Å²) in [5.41, 5.74) is 0.887. The van der Waals surface area contributed by atoms with Gasteiger partial charge in [0, 0.05) is 0 Å². The zero-order chi connectivity index (χ0) is 6.32. The first-order valence-electron chi connectivity index (χ1n) is 4.37. The molecule has 0 bridgehead atoms. The predicted octanol–water partition coefficient (Wildman–Crippen LogP) is 2.98. The van der Waals surface area contributed by atoms with E-state index >= 15 is 0 Å². The van der Waals surface area contributed by atoms with Crippen LogP contribution in [0.5, 0.6) is 0 Å². The molecular formula is C9H16. The van der Waals surface area contributed by atoms with Crippen molar-refractivity contribution in [2.75, 3.05) is 0 Å². The van der Waals surface area contributed by atoms with Crippen molar-refractivity contribution in [3.63, 3.8) is 0 Å². The largest absolute Gasteiger partial charge is 0.0648 e. The van der Waals surface area contributed by atoms with Crippen LogP contribution in [0.15, 0.2) is 0 Å². The smallest absolute Gasteiger partial charge is 0.0269 e. The molecule has 0 radical (unpaired) electrons. The fraction of sp³-hybridized carbons (Fsp3) is 1.00. The molecule has 52 valence electrons. The van der Waals surface area contributed by atoms with Crippen molar-refractivity contribution in [2.45, 2.75) is 45.4 Å². The fourth-order valence-electron chi connectivity index (χ4n) is 2.62. The molecule has 2 rings (SSSR count). The van der Waals surface area contributed by atoms with Crippen LogP contribution < -0.4 is 0 Å². The molecule has 0 aromatic heterocycles. The summed E-state index contributed by atoms with van der Waals surface area (Å²) < 4.78 is 0. The third-order valence-corrected chi connectivity index (χ3v) is 3.54. The minimum absolute atomic E-state index is 0.887. The van der Waals surface area contributed by atoms with Gasteiger partial charge in [-0.1, -0.05) is 26.2 Å². The lowest BCUT2D eigenvalue weighted by Gasteiger charge is -2.19. The van der Waals surface area contributed by atoms with Gasteiger partial charge in [-0.05, 0) is 30.6 Å². The van der Waals surface area contributed by atoms with Gasteiger partial charge < -0.3 is 0 Å². The normalized spacial score (nSPS) is 48.3. The van der Waals surface area contributed by atoms with Gasteiger partial charge in [-0.25, -0.2) is 0 Å². The van der Waals surface area contributed by atoms with Crippen LogP contribution in [0.3, 0.4) is 0 Å². The molecule has 2 aliphatic rings. The molecule has 2 fully saturated rings. The van der Waals surface area contributed by atoms with E-state index in [4.69, 9.17) is 0 Å². The van der Waals surface area contributed by atoms with Crippen LogP contribution in [-0.4, -0.2) is 0 Å². The zero-order valence-electron chi connectivity index (χ0n) is 6.32. The van der Waals surface area contributed by atoms with E-state index in [-0.39, 0.29) is 0 Å². The van der Waals surface area contributed by atoms with Gasteiger partial charge in [0.2, 0.25) is 0 Å². The summed E-state index contributed by atoms with van der Waals surface area (Å²) in [6, 6.07) is 0. The van der Waals surface area contributed by atoms with E-state index in [1.165, 1.54) is 19.3 Å². The summed E-state index contributed by atoms with van der Waals surface area (Å²) in [7, 11) is 0. The summed E-state index contributed by atoms with van der Waals surface area (Å²) >= 11 is 0. The molecule has 0 aromatic carbocycles. The van der Waals surface area contributed by atoms with Crippen LogP contribution in [0.4, 0.5) is 0 Å². The quantitative estimate of drug-likeness (QED) is 0.504. The Bertz CT molecular complexity index is 117. The van der Waals surface area contributed by atoms with E-state index in [9.17, 15) is 0 Å². The lowest BCUT2D eigenvalue weighted by atomic mass is 9.87. The molecule has 0 nitrogen and oxygen atoms in total. The molecule has 0 spiro atoms. The maximum absolute atomic E-state index is 2.37. The van der Waals surface area contributed by atoms with Crippen LogP contribution in [0.2, 0.25) is 0 Å². The van der Waals surface area contributed by atoms with Crippen LogP contribution in [-0.2, 0) is 0 Å². The van der Waals surface area contributed by atoms with Crippen LogP contribution in [0.1, 0.15) is 45.4 Å².